The zero-order valence-electron chi connectivity index (χ0n) is 22.0. The number of benzene rings is 2. The van der Waals surface area contributed by atoms with E-state index < -0.39 is 16.1 Å². The SMILES string of the molecule is CCc1ccc(N(CCCC(=O)N(Cc2ccc(F)cc2)[C@H](C)C(=O)NC2CCCC2)S(C)(=O)=O)cc1. The summed E-state index contributed by atoms with van der Waals surface area (Å²) >= 11 is 0. The van der Waals surface area contributed by atoms with Crippen molar-refractivity contribution < 1.29 is 22.4 Å². The quantitative estimate of drug-likeness (QED) is 0.440. The lowest BCUT2D eigenvalue weighted by Crippen LogP contribution is -2.49. The molecule has 0 radical (unpaired) electrons. The molecule has 1 aliphatic carbocycles. The van der Waals surface area contributed by atoms with Gasteiger partial charge in [-0.15, -0.1) is 0 Å². The predicted octanol–water partition coefficient (Wildman–Crippen LogP) is 4.41. The van der Waals surface area contributed by atoms with Crippen LogP contribution in [0.3, 0.4) is 0 Å². The molecule has 3 rings (SSSR count). The summed E-state index contributed by atoms with van der Waals surface area (Å²) < 4.78 is 39.7. The number of nitrogens with zero attached hydrogens (tertiary/aromatic N) is 2. The molecule has 1 saturated carbocycles. The molecule has 7 nitrogen and oxygen atoms in total. The smallest absolute Gasteiger partial charge is 0.242 e. The Morgan fingerprint density at radius 1 is 1.03 bits per heavy atom. The molecule has 2 aromatic carbocycles. The van der Waals surface area contributed by atoms with E-state index in [2.05, 4.69) is 5.32 Å². The van der Waals surface area contributed by atoms with Crippen LogP contribution in [0.25, 0.3) is 0 Å². The number of hydrogen-bond acceptors (Lipinski definition) is 4. The fourth-order valence-corrected chi connectivity index (χ4v) is 5.63. The van der Waals surface area contributed by atoms with E-state index in [4.69, 9.17) is 0 Å². The van der Waals surface area contributed by atoms with E-state index in [9.17, 15) is 22.4 Å². The van der Waals surface area contributed by atoms with Gasteiger partial charge in [-0.25, -0.2) is 12.8 Å². The van der Waals surface area contributed by atoms with Crippen LogP contribution in [0.2, 0.25) is 0 Å². The molecule has 1 aliphatic rings. The zero-order chi connectivity index (χ0) is 27.0. The number of nitrogens with one attached hydrogen (secondary N) is 1. The maximum atomic E-state index is 13.4. The van der Waals surface area contributed by atoms with Crippen LogP contribution >= 0.6 is 0 Å². The summed E-state index contributed by atoms with van der Waals surface area (Å²) in [6, 6.07) is 12.6. The Morgan fingerprint density at radius 2 is 1.62 bits per heavy atom. The summed E-state index contributed by atoms with van der Waals surface area (Å²) in [5.41, 5.74) is 2.37. The Morgan fingerprint density at radius 3 is 2.19 bits per heavy atom. The average Bonchev–Trinajstić information content (AvgIpc) is 3.38. The summed E-state index contributed by atoms with van der Waals surface area (Å²) in [7, 11) is -3.54. The van der Waals surface area contributed by atoms with E-state index in [0.29, 0.717) is 11.3 Å². The lowest BCUT2D eigenvalue weighted by atomic mass is 10.1. The number of aryl methyl sites for hydroxylation is 1. The molecular weight excluding hydrogens is 493 g/mol. The number of halogens is 1. The normalized spacial score (nSPS) is 14.8. The van der Waals surface area contributed by atoms with Crippen molar-refractivity contribution in [3.63, 3.8) is 0 Å². The van der Waals surface area contributed by atoms with E-state index >= 15 is 0 Å². The van der Waals surface area contributed by atoms with Crippen LogP contribution in [-0.4, -0.2) is 50.0 Å². The average molecular weight is 532 g/mol. The van der Waals surface area contributed by atoms with Crippen LogP contribution in [0.4, 0.5) is 10.1 Å². The third-order valence-corrected chi connectivity index (χ3v) is 8.11. The van der Waals surface area contributed by atoms with Crippen molar-refractivity contribution in [3.05, 3.63) is 65.5 Å². The molecule has 37 heavy (non-hydrogen) atoms. The molecule has 202 valence electrons. The minimum Gasteiger partial charge on any atom is -0.352 e. The minimum absolute atomic E-state index is 0.0707. The number of carbonyl (C=O) groups is 2. The number of anilines is 1. The topological polar surface area (TPSA) is 86.8 Å². The van der Waals surface area contributed by atoms with Gasteiger partial charge < -0.3 is 10.2 Å². The molecule has 0 unspecified atom stereocenters. The van der Waals surface area contributed by atoms with Crippen molar-refractivity contribution in [1.82, 2.24) is 10.2 Å². The molecule has 1 atom stereocenters. The van der Waals surface area contributed by atoms with E-state index in [1.807, 2.05) is 19.1 Å². The second-order valence-electron chi connectivity index (χ2n) is 9.77. The first-order valence-electron chi connectivity index (χ1n) is 13.0. The van der Waals surface area contributed by atoms with Crippen molar-refractivity contribution in [2.24, 2.45) is 0 Å². The fraction of sp³-hybridized carbons (Fsp3) is 0.500. The lowest BCUT2D eigenvalue weighted by molar-refractivity contribution is -0.141. The number of amides is 2. The van der Waals surface area contributed by atoms with Gasteiger partial charge in [-0.1, -0.05) is 44.0 Å². The molecule has 1 fully saturated rings. The summed E-state index contributed by atoms with van der Waals surface area (Å²) in [6.45, 7) is 4.03. The van der Waals surface area contributed by atoms with Crippen molar-refractivity contribution in [2.45, 2.75) is 77.4 Å². The molecule has 0 aliphatic heterocycles. The highest BCUT2D eigenvalue weighted by molar-refractivity contribution is 7.92. The Balaban J connectivity index is 1.70. The Bertz CT molecular complexity index is 1150. The zero-order valence-corrected chi connectivity index (χ0v) is 22.8. The van der Waals surface area contributed by atoms with E-state index in [-0.39, 0.29) is 49.6 Å². The van der Waals surface area contributed by atoms with Gasteiger partial charge in [0.2, 0.25) is 21.8 Å². The lowest BCUT2D eigenvalue weighted by Gasteiger charge is -2.30. The molecule has 0 saturated heterocycles. The highest BCUT2D eigenvalue weighted by Gasteiger charge is 2.28. The van der Waals surface area contributed by atoms with Crippen molar-refractivity contribution in [3.8, 4) is 0 Å². The van der Waals surface area contributed by atoms with Crippen LogP contribution < -0.4 is 9.62 Å². The third kappa shape index (κ3) is 8.28. The second-order valence-corrected chi connectivity index (χ2v) is 11.7. The number of hydrogen-bond donors (Lipinski definition) is 1. The largest absolute Gasteiger partial charge is 0.352 e. The first-order valence-corrected chi connectivity index (χ1v) is 14.8. The van der Waals surface area contributed by atoms with Crippen molar-refractivity contribution >= 4 is 27.5 Å². The first-order chi connectivity index (χ1) is 17.6. The van der Waals surface area contributed by atoms with Gasteiger partial charge in [-0.3, -0.25) is 13.9 Å². The van der Waals surface area contributed by atoms with E-state index in [1.165, 1.54) is 21.3 Å². The van der Waals surface area contributed by atoms with E-state index in [0.717, 1.165) is 43.9 Å². The van der Waals surface area contributed by atoms with Gasteiger partial charge in [0.1, 0.15) is 11.9 Å². The van der Waals surface area contributed by atoms with Gasteiger partial charge in [0, 0.05) is 25.6 Å². The van der Waals surface area contributed by atoms with Gasteiger partial charge in [0.25, 0.3) is 0 Å². The fourth-order valence-electron chi connectivity index (χ4n) is 4.66. The van der Waals surface area contributed by atoms with Crippen LogP contribution in [0.5, 0.6) is 0 Å². The molecule has 0 aromatic heterocycles. The predicted molar refractivity (Wildman–Crippen MR) is 144 cm³/mol. The van der Waals surface area contributed by atoms with Crippen LogP contribution in [0.15, 0.2) is 48.5 Å². The molecule has 2 amide bonds. The maximum Gasteiger partial charge on any atom is 0.242 e. The van der Waals surface area contributed by atoms with Crippen molar-refractivity contribution in [2.75, 3.05) is 17.1 Å². The monoisotopic (exact) mass is 531 g/mol. The van der Waals surface area contributed by atoms with Gasteiger partial charge in [-0.2, -0.15) is 0 Å². The second kappa shape index (κ2) is 13.0. The molecule has 9 heteroatoms. The van der Waals surface area contributed by atoms with Gasteiger partial charge >= 0.3 is 0 Å². The Labute approximate surface area is 220 Å². The van der Waals surface area contributed by atoms with E-state index in [1.54, 1.807) is 31.2 Å². The van der Waals surface area contributed by atoms with Gasteiger partial charge in [-0.05, 0) is 68.0 Å². The molecule has 2 aromatic rings. The summed E-state index contributed by atoms with van der Waals surface area (Å²) in [5, 5.41) is 3.05. The summed E-state index contributed by atoms with van der Waals surface area (Å²) in [6.07, 6.45) is 6.39. The standard InChI is InChI=1S/C28H38FN3O4S/c1-4-22-13-17-26(18-14-22)32(37(3,35)36)19-7-10-27(33)31(20-23-11-15-24(29)16-12-23)21(2)28(34)30-25-8-5-6-9-25/h11-18,21,25H,4-10,19-20H2,1-3H3,(H,30,34)/t21-/m1/s1. The third-order valence-electron chi connectivity index (χ3n) is 6.92. The highest BCUT2D eigenvalue weighted by Crippen LogP contribution is 2.21. The number of carbonyl (C=O) groups excluding carboxylic acids is 2. The van der Waals surface area contributed by atoms with Crippen molar-refractivity contribution in [1.29, 1.82) is 0 Å². The minimum atomic E-state index is -3.54. The Hall–Kier alpha value is -2.94. The molecule has 0 bridgehead atoms. The first kappa shape index (κ1) is 28.6. The van der Waals surface area contributed by atoms with Crippen LogP contribution in [0.1, 0.15) is 63.5 Å². The summed E-state index contributed by atoms with van der Waals surface area (Å²) in [5.74, 6) is -0.842. The number of rotatable bonds is 12. The van der Waals surface area contributed by atoms with Crippen LogP contribution in [-0.2, 0) is 32.6 Å². The molecule has 1 N–H and O–H groups in total. The summed E-state index contributed by atoms with van der Waals surface area (Å²) in [4.78, 5) is 27.8. The molecule has 0 spiro atoms. The molecule has 0 heterocycles. The number of sulfonamides is 1. The highest BCUT2D eigenvalue weighted by atomic mass is 32.2. The maximum absolute atomic E-state index is 13.4. The van der Waals surface area contributed by atoms with Gasteiger partial charge in [0.05, 0.1) is 11.9 Å². The van der Waals surface area contributed by atoms with Crippen LogP contribution in [0, 0.1) is 5.82 Å². The Kier molecular flexibility index (Phi) is 10.1. The molecular formula is C28H38FN3O4S. The van der Waals surface area contributed by atoms with Gasteiger partial charge in [0.15, 0.2) is 0 Å².